The molecule has 2 rings (SSSR count). The Labute approximate surface area is 176 Å². The van der Waals surface area contributed by atoms with Crippen LogP contribution < -0.4 is 10.6 Å². The molecule has 0 aromatic carbocycles. The summed E-state index contributed by atoms with van der Waals surface area (Å²) in [6.07, 6.45) is 10.5. The van der Waals surface area contributed by atoms with E-state index in [4.69, 9.17) is 9.47 Å². The summed E-state index contributed by atoms with van der Waals surface area (Å²) < 4.78 is 11.1. The molecule has 2 aliphatic rings. The molecule has 0 aromatic heterocycles. The highest BCUT2D eigenvalue weighted by atomic mass is 127. The third-order valence-corrected chi connectivity index (χ3v) is 5.26. The van der Waals surface area contributed by atoms with Crippen LogP contribution in [0.5, 0.6) is 0 Å². The number of halogens is 1. The first kappa shape index (κ1) is 23.9. The molecule has 1 heterocycles. The van der Waals surface area contributed by atoms with Crippen LogP contribution >= 0.6 is 24.0 Å². The van der Waals surface area contributed by atoms with Crippen LogP contribution in [0, 0.1) is 0 Å². The molecule has 154 valence electrons. The molecular formula is C19H39IN4O2. The zero-order valence-electron chi connectivity index (χ0n) is 16.7. The maximum absolute atomic E-state index is 5.77. The minimum atomic E-state index is 0. The minimum Gasteiger partial charge on any atom is -0.379 e. The molecule has 26 heavy (non-hydrogen) atoms. The molecule has 1 unspecified atom stereocenters. The lowest BCUT2D eigenvalue weighted by Crippen LogP contribution is -2.40. The van der Waals surface area contributed by atoms with Gasteiger partial charge in [0, 0.05) is 39.4 Å². The maximum atomic E-state index is 5.77. The van der Waals surface area contributed by atoms with Crippen molar-refractivity contribution < 1.29 is 9.47 Å². The van der Waals surface area contributed by atoms with Gasteiger partial charge in [0.2, 0.25) is 0 Å². The van der Waals surface area contributed by atoms with Crippen LogP contribution in [-0.4, -0.2) is 76.6 Å². The lowest BCUT2D eigenvalue weighted by Gasteiger charge is -2.31. The summed E-state index contributed by atoms with van der Waals surface area (Å²) in [6, 6.07) is 0.802. The van der Waals surface area contributed by atoms with Crippen LogP contribution in [0.3, 0.4) is 0 Å². The van der Waals surface area contributed by atoms with E-state index in [0.29, 0.717) is 6.10 Å². The zero-order chi connectivity index (χ0) is 17.7. The van der Waals surface area contributed by atoms with Crippen molar-refractivity contribution in [1.29, 1.82) is 0 Å². The summed E-state index contributed by atoms with van der Waals surface area (Å²) in [6.45, 7) is 5.39. The minimum absolute atomic E-state index is 0. The topological polar surface area (TPSA) is 58.1 Å². The Hall–Kier alpha value is -0.120. The molecule has 0 amide bonds. The van der Waals surface area contributed by atoms with E-state index in [1.807, 2.05) is 7.05 Å². The number of hydrogen-bond acceptors (Lipinski definition) is 4. The lowest BCUT2D eigenvalue weighted by atomic mass is 9.94. The van der Waals surface area contributed by atoms with E-state index in [2.05, 4.69) is 27.6 Å². The van der Waals surface area contributed by atoms with E-state index in [1.165, 1.54) is 32.1 Å². The van der Waals surface area contributed by atoms with E-state index in [-0.39, 0.29) is 24.0 Å². The Morgan fingerprint density at radius 1 is 1.12 bits per heavy atom. The van der Waals surface area contributed by atoms with Gasteiger partial charge in [-0.15, -0.1) is 24.0 Å². The molecule has 7 heteroatoms. The molecule has 2 N–H and O–H groups in total. The highest BCUT2D eigenvalue weighted by Crippen LogP contribution is 2.21. The molecule has 6 nitrogen and oxygen atoms in total. The van der Waals surface area contributed by atoms with Crippen LogP contribution in [0.15, 0.2) is 4.99 Å². The predicted octanol–water partition coefficient (Wildman–Crippen LogP) is 2.62. The molecule has 0 aromatic rings. The second-order valence-electron chi connectivity index (χ2n) is 7.26. The number of nitrogens with zero attached hydrogens (tertiary/aromatic N) is 2. The molecule has 0 spiro atoms. The first-order valence-corrected chi connectivity index (χ1v) is 10.1. The van der Waals surface area contributed by atoms with E-state index in [0.717, 1.165) is 70.7 Å². The van der Waals surface area contributed by atoms with Crippen molar-refractivity contribution >= 4 is 29.9 Å². The van der Waals surface area contributed by atoms with Gasteiger partial charge in [-0.2, -0.15) is 0 Å². The maximum Gasteiger partial charge on any atom is 0.190 e. The van der Waals surface area contributed by atoms with Gasteiger partial charge in [-0.1, -0.05) is 19.3 Å². The second-order valence-corrected chi connectivity index (χ2v) is 7.26. The summed E-state index contributed by atoms with van der Waals surface area (Å²) in [5, 5.41) is 6.77. The van der Waals surface area contributed by atoms with E-state index < -0.39 is 0 Å². The van der Waals surface area contributed by atoms with Crippen LogP contribution in [-0.2, 0) is 9.47 Å². The van der Waals surface area contributed by atoms with Gasteiger partial charge >= 0.3 is 0 Å². The Morgan fingerprint density at radius 3 is 2.50 bits per heavy atom. The Bertz CT molecular complexity index is 373. The quantitative estimate of drug-likeness (QED) is 0.217. The van der Waals surface area contributed by atoms with E-state index >= 15 is 0 Å². The molecule has 0 bridgehead atoms. The molecule has 1 saturated heterocycles. The third-order valence-electron chi connectivity index (χ3n) is 5.26. The summed E-state index contributed by atoms with van der Waals surface area (Å²) >= 11 is 0. The fraction of sp³-hybridized carbons (Fsp3) is 0.947. The normalized spacial score (nSPS) is 21.7. The van der Waals surface area contributed by atoms with Crippen molar-refractivity contribution in [3.05, 3.63) is 0 Å². The van der Waals surface area contributed by atoms with Gasteiger partial charge in [-0.05, 0) is 45.7 Å². The van der Waals surface area contributed by atoms with Crippen molar-refractivity contribution in [1.82, 2.24) is 15.5 Å². The van der Waals surface area contributed by atoms with E-state index in [9.17, 15) is 0 Å². The van der Waals surface area contributed by atoms with Crippen molar-refractivity contribution in [3.63, 3.8) is 0 Å². The summed E-state index contributed by atoms with van der Waals surface area (Å²) in [5.41, 5.74) is 0. The van der Waals surface area contributed by atoms with Gasteiger partial charge in [0.15, 0.2) is 5.96 Å². The number of guanidine groups is 1. The Balaban J connectivity index is 0.00000338. The highest BCUT2D eigenvalue weighted by molar-refractivity contribution is 14.0. The van der Waals surface area contributed by atoms with Gasteiger partial charge < -0.3 is 25.0 Å². The molecule has 1 aliphatic carbocycles. The predicted molar refractivity (Wildman–Crippen MR) is 119 cm³/mol. The van der Waals surface area contributed by atoms with Crippen molar-refractivity contribution in [2.45, 2.75) is 63.5 Å². The fourth-order valence-corrected chi connectivity index (χ4v) is 3.63. The Kier molecular flexibility index (Phi) is 13.7. The largest absolute Gasteiger partial charge is 0.379 e. The zero-order valence-corrected chi connectivity index (χ0v) is 19.0. The standard InChI is InChI=1S/C19H38N4O2.HI/c1-20-19(22-12-7-14-25-18-10-15-24-16-18)21-11-6-13-23(2)17-8-4-3-5-9-17;/h17-18H,3-16H2,1-2H3,(H2,20,21,22);1H. The Morgan fingerprint density at radius 2 is 1.85 bits per heavy atom. The van der Waals surface area contributed by atoms with Gasteiger partial charge in [-0.25, -0.2) is 0 Å². The van der Waals surface area contributed by atoms with Gasteiger partial charge in [0.05, 0.1) is 12.7 Å². The number of nitrogens with one attached hydrogen (secondary N) is 2. The van der Waals surface area contributed by atoms with Crippen LogP contribution in [0.1, 0.15) is 51.4 Å². The monoisotopic (exact) mass is 482 g/mol. The summed E-state index contributed by atoms with van der Waals surface area (Å²) in [5.74, 6) is 0.893. The average molecular weight is 482 g/mol. The van der Waals surface area contributed by atoms with Crippen LogP contribution in [0.4, 0.5) is 0 Å². The average Bonchev–Trinajstić information content (AvgIpc) is 3.17. The van der Waals surface area contributed by atoms with Crippen LogP contribution in [0.2, 0.25) is 0 Å². The molecule has 2 fully saturated rings. The smallest absolute Gasteiger partial charge is 0.190 e. The summed E-state index contributed by atoms with van der Waals surface area (Å²) in [7, 11) is 4.11. The third kappa shape index (κ3) is 9.71. The van der Waals surface area contributed by atoms with Gasteiger partial charge in [-0.3, -0.25) is 4.99 Å². The van der Waals surface area contributed by atoms with Crippen molar-refractivity contribution in [3.8, 4) is 0 Å². The summed E-state index contributed by atoms with van der Waals surface area (Å²) in [4.78, 5) is 6.83. The van der Waals surface area contributed by atoms with Gasteiger partial charge in [0.1, 0.15) is 0 Å². The molecule has 1 aliphatic heterocycles. The SMILES string of the molecule is CN=C(NCCCOC1CCOC1)NCCCN(C)C1CCCCC1.I. The fourth-order valence-electron chi connectivity index (χ4n) is 3.63. The molecule has 0 radical (unpaired) electrons. The first-order chi connectivity index (χ1) is 12.3. The number of rotatable bonds is 10. The first-order valence-electron chi connectivity index (χ1n) is 10.1. The molecule has 1 atom stereocenters. The lowest BCUT2D eigenvalue weighted by molar-refractivity contribution is 0.0420. The van der Waals surface area contributed by atoms with Gasteiger partial charge in [0.25, 0.3) is 0 Å². The number of ether oxygens (including phenoxy) is 2. The highest BCUT2D eigenvalue weighted by Gasteiger charge is 2.17. The molecule has 1 saturated carbocycles. The molecular weight excluding hydrogens is 443 g/mol. The number of hydrogen-bond donors (Lipinski definition) is 2. The second kappa shape index (κ2) is 14.9. The van der Waals surface area contributed by atoms with Crippen molar-refractivity contribution in [2.24, 2.45) is 4.99 Å². The van der Waals surface area contributed by atoms with Crippen molar-refractivity contribution in [2.75, 3.05) is 53.6 Å². The van der Waals surface area contributed by atoms with Crippen LogP contribution in [0.25, 0.3) is 0 Å². The number of aliphatic imine (C=N–C) groups is 1. The van der Waals surface area contributed by atoms with E-state index in [1.54, 1.807) is 0 Å².